The van der Waals surface area contributed by atoms with Crippen LogP contribution in [0.2, 0.25) is 0 Å². The van der Waals surface area contributed by atoms with Crippen molar-refractivity contribution < 1.29 is 27.9 Å². The zero-order valence-electron chi connectivity index (χ0n) is 13.4. The molecule has 134 valence electrons. The van der Waals surface area contributed by atoms with Crippen molar-refractivity contribution in [2.75, 3.05) is 6.73 Å². The first-order valence-corrected chi connectivity index (χ1v) is 8.16. The third-order valence-corrected chi connectivity index (χ3v) is 4.17. The Labute approximate surface area is 142 Å². The summed E-state index contributed by atoms with van der Waals surface area (Å²) in [6.45, 7) is -0.587. The van der Waals surface area contributed by atoms with Crippen LogP contribution in [-0.2, 0) is 20.9 Å². The minimum absolute atomic E-state index is 0.00985. The van der Waals surface area contributed by atoms with Gasteiger partial charge in [-0.1, -0.05) is 6.07 Å². The summed E-state index contributed by atoms with van der Waals surface area (Å²) >= 11 is 0. The van der Waals surface area contributed by atoms with Crippen molar-refractivity contribution in [2.24, 2.45) is 11.8 Å². The molecule has 1 aromatic carbocycles. The molecular weight excluding hydrogens is 334 g/mol. The summed E-state index contributed by atoms with van der Waals surface area (Å²) in [5.74, 6) is -3.88. The average Bonchev–Trinajstić information content (AvgIpc) is 3.46. The second kappa shape index (κ2) is 7.16. The topological polar surface area (TPSA) is 84.5 Å². The lowest BCUT2D eigenvalue weighted by Gasteiger charge is -2.11. The van der Waals surface area contributed by atoms with Gasteiger partial charge in [-0.05, 0) is 31.7 Å². The number of hydrogen-bond donors (Lipinski definition) is 2. The van der Waals surface area contributed by atoms with E-state index < -0.39 is 29.9 Å². The maximum absolute atomic E-state index is 14.4. The molecule has 2 N–H and O–H groups in total. The number of rotatable bonds is 7. The fourth-order valence-electron chi connectivity index (χ4n) is 2.33. The molecule has 2 amide bonds. The zero-order valence-corrected chi connectivity index (χ0v) is 13.4. The molecule has 1 aromatic rings. The van der Waals surface area contributed by atoms with Gasteiger partial charge in [0.1, 0.15) is 17.2 Å². The van der Waals surface area contributed by atoms with Crippen LogP contribution in [-0.4, -0.2) is 24.5 Å². The fourth-order valence-corrected chi connectivity index (χ4v) is 2.33. The highest BCUT2D eigenvalue weighted by Crippen LogP contribution is 2.29. The molecule has 2 saturated carbocycles. The van der Waals surface area contributed by atoms with E-state index >= 15 is 0 Å². The molecule has 0 saturated heterocycles. The monoisotopic (exact) mass is 352 g/mol. The van der Waals surface area contributed by atoms with E-state index in [0.717, 1.165) is 31.7 Å². The molecule has 0 atom stereocenters. The normalized spacial score (nSPS) is 16.2. The highest BCUT2D eigenvalue weighted by Gasteiger charge is 2.31. The van der Waals surface area contributed by atoms with Gasteiger partial charge in [-0.3, -0.25) is 9.59 Å². The van der Waals surface area contributed by atoms with Crippen molar-refractivity contribution in [2.45, 2.75) is 32.2 Å². The van der Waals surface area contributed by atoms with E-state index in [1.54, 1.807) is 0 Å². The van der Waals surface area contributed by atoms with Crippen LogP contribution in [0.4, 0.5) is 8.78 Å². The lowest BCUT2D eigenvalue weighted by atomic mass is 10.1. The van der Waals surface area contributed by atoms with E-state index in [4.69, 9.17) is 4.74 Å². The second-order valence-corrected chi connectivity index (χ2v) is 6.28. The summed E-state index contributed by atoms with van der Waals surface area (Å²) in [4.78, 5) is 35.0. The van der Waals surface area contributed by atoms with Gasteiger partial charge in [0.2, 0.25) is 11.8 Å². The van der Waals surface area contributed by atoms with Crippen LogP contribution in [0.3, 0.4) is 0 Å². The Bertz CT molecular complexity index is 715. The standard InChI is InChI=1S/C17H18F2N2O4/c18-12-6-5-11(7-20-15(22)9-1-2-9)14(19)13(12)17(24)25-8-21-16(23)10-3-4-10/h5-6,9-10H,1-4,7-8H2,(H,20,22)(H,21,23). The Kier molecular flexibility index (Phi) is 4.96. The Balaban J connectivity index is 1.60. The third-order valence-electron chi connectivity index (χ3n) is 4.17. The number of nitrogens with one attached hydrogen (secondary N) is 2. The van der Waals surface area contributed by atoms with Crippen LogP contribution in [0, 0.1) is 23.5 Å². The summed E-state index contributed by atoms with van der Waals surface area (Å²) in [6.07, 6.45) is 3.19. The van der Waals surface area contributed by atoms with Gasteiger partial charge in [0.15, 0.2) is 6.73 Å². The quantitative estimate of drug-likeness (QED) is 0.577. The number of carbonyl (C=O) groups is 3. The molecule has 6 nitrogen and oxygen atoms in total. The van der Waals surface area contributed by atoms with Gasteiger partial charge in [-0.2, -0.15) is 0 Å². The molecular formula is C17H18F2N2O4. The predicted octanol–water partition coefficient (Wildman–Crippen LogP) is 1.63. The largest absolute Gasteiger partial charge is 0.441 e. The first-order valence-electron chi connectivity index (χ1n) is 8.16. The Morgan fingerprint density at radius 3 is 2.20 bits per heavy atom. The van der Waals surface area contributed by atoms with Gasteiger partial charge in [0.25, 0.3) is 0 Å². The molecule has 0 bridgehead atoms. The van der Waals surface area contributed by atoms with Crippen LogP contribution < -0.4 is 10.6 Å². The number of amides is 2. The van der Waals surface area contributed by atoms with E-state index in [1.807, 2.05) is 0 Å². The molecule has 3 rings (SSSR count). The third kappa shape index (κ3) is 4.32. The molecule has 25 heavy (non-hydrogen) atoms. The molecule has 8 heteroatoms. The second-order valence-electron chi connectivity index (χ2n) is 6.28. The number of halogens is 2. The van der Waals surface area contributed by atoms with Crippen molar-refractivity contribution in [3.8, 4) is 0 Å². The van der Waals surface area contributed by atoms with Gasteiger partial charge in [-0.25, -0.2) is 13.6 Å². The number of benzene rings is 1. The number of ether oxygens (including phenoxy) is 1. The Morgan fingerprint density at radius 1 is 1.00 bits per heavy atom. The zero-order chi connectivity index (χ0) is 18.0. The molecule has 0 aromatic heterocycles. The van der Waals surface area contributed by atoms with Crippen LogP contribution in [0.15, 0.2) is 12.1 Å². The SMILES string of the molecule is O=C(OCNC(=O)C1CC1)c1c(F)ccc(CNC(=O)C2CC2)c1F. The van der Waals surface area contributed by atoms with E-state index in [9.17, 15) is 23.2 Å². The molecule has 0 heterocycles. The summed E-state index contributed by atoms with van der Waals surface area (Å²) in [7, 11) is 0. The van der Waals surface area contributed by atoms with E-state index in [2.05, 4.69) is 10.6 Å². The van der Waals surface area contributed by atoms with Crippen LogP contribution in [0.1, 0.15) is 41.6 Å². The van der Waals surface area contributed by atoms with E-state index in [1.165, 1.54) is 6.07 Å². The summed E-state index contributed by atoms with van der Waals surface area (Å²) in [5, 5.41) is 4.93. The molecule has 0 aliphatic heterocycles. The molecule has 2 aliphatic carbocycles. The number of esters is 1. The summed E-state index contributed by atoms with van der Waals surface area (Å²) in [6, 6.07) is 2.12. The lowest BCUT2D eigenvalue weighted by Crippen LogP contribution is -2.29. The van der Waals surface area contributed by atoms with Crippen molar-refractivity contribution >= 4 is 17.8 Å². The maximum Gasteiger partial charge on any atom is 0.345 e. The minimum atomic E-state index is -1.21. The van der Waals surface area contributed by atoms with Crippen molar-refractivity contribution in [1.29, 1.82) is 0 Å². The molecule has 0 spiro atoms. The first kappa shape index (κ1) is 17.3. The molecule has 0 unspecified atom stereocenters. The Hall–Kier alpha value is -2.51. The Morgan fingerprint density at radius 2 is 1.60 bits per heavy atom. The highest BCUT2D eigenvalue weighted by atomic mass is 19.1. The number of carbonyl (C=O) groups excluding carboxylic acids is 3. The van der Waals surface area contributed by atoms with Crippen LogP contribution in [0.5, 0.6) is 0 Å². The molecule has 2 aliphatic rings. The minimum Gasteiger partial charge on any atom is -0.441 e. The van der Waals surface area contributed by atoms with Crippen LogP contribution >= 0.6 is 0 Å². The van der Waals surface area contributed by atoms with Gasteiger partial charge in [0.05, 0.1) is 0 Å². The lowest BCUT2D eigenvalue weighted by molar-refractivity contribution is -0.123. The van der Waals surface area contributed by atoms with E-state index in [0.29, 0.717) is 0 Å². The van der Waals surface area contributed by atoms with Crippen molar-refractivity contribution in [1.82, 2.24) is 10.6 Å². The smallest absolute Gasteiger partial charge is 0.345 e. The first-order chi connectivity index (χ1) is 12.0. The highest BCUT2D eigenvalue weighted by molar-refractivity contribution is 5.90. The molecule has 0 radical (unpaired) electrons. The molecule has 2 fully saturated rings. The van der Waals surface area contributed by atoms with Gasteiger partial charge in [0, 0.05) is 23.9 Å². The maximum atomic E-state index is 14.4. The average molecular weight is 352 g/mol. The summed E-state index contributed by atoms with van der Waals surface area (Å²) < 4.78 is 33.0. The van der Waals surface area contributed by atoms with Gasteiger partial charge < -0.3 is 15.4 Å². The van der Waals surface area contributed by atoms with Gasteiger partial charge in [-0.15, -0.1) is 0 Å². The summed E-state index contributed by atoms with van der Waals surface area (Å²) in [5.41, 5.74) is -0.844. The predicted molar refractivity (Wildman–Crippen MR) is 82.1 cm³/mol. The fraction of sp³-hybridized carbons (Fsp3) is 0.471. The van der Waals surface area contributed by atoms with Crippen molar-refractivity contribution in [3.63, 3.8) is 0 Å². The van der Waals surface area contributed by atoms with Gasteiger partial charge >= 0.3 is 5.97 Å². The van der Waals surface area contributed by atoms with Crippen LogP contribution in [0.25, 0.3) is 0 Å². The van der Waals surface area contributed by atoms with Crippen molar-refractivity contribution in [3.05, 3.63) is 34.9 Å². The van der Waals surface area contributed by atoms with E-state index in [-0.39, 0.29) is 35.8 Å². The number of hydrogen-bond acceptors (Lipinski definition) is 4.